The highest BCUT2D eigenvalue weighted by molar-refractivity contribution is 5.83. The molecule has 98 valence electrons. The first-order valence-corrected chi connectivity index (χ1v) is 6.93. The maximum absolute atomic E-state index is 12.1. The summed E-state index contributed by atoms with van der Waals surface area (Å²) in [5.41, 5.74) is 1.32. The van der Waals surface area contributed by atoms with E-state index in [-0.39, 0.29) is 11.8 Å². The second-order valence-corrected chi connectivity index (χ2v) is 5.61. The normalized spacial score (nSPS) is 24.5. The van der Waals surface area contributed by atoms with Crippen molar-refractivity contribution in [1.82, 2.24) is 4.90 Å². The Morgan fingerprint density at radius 3 is 2.67 bits per heavy atom. The Morgan fingerprint density at radius 2 is 1.94 bits per heavy atom. The monoisotopic (exact) mass is 245 g/mol. The summed E-state index contributed by atoms with van der Waals surface area (Å²) in [7, 11) is 2.11. The van der Waals surface area contributed by atoms with Crippen LogP contribution in [0.25, 0.3) is 0 Å². The van der Waals surface area contributed by atoms with Gasteiger partial charge in [-0.05, 0) is 25.5 Å². The Bertz CT molecular complexity index is 387. The fourth-order valence-corrected chi connectivity index (χ4v) is 2.87. The molecule has 1 aromatic rings. The van der Waals surface area contributed by atoms with Crippen LogP contribution in [0.3, 0.4) is 0 Å². The zero-order valence-electron chi connectivity index (χ0n) is 11.4. The number of carbonyl (C=O) groups is 1. The van der Waals surface area contributed by atoms with E-state index in [1.165, 1.54) is 12.0 Å². The lowest BCUT2D eigenvalue weighted by Gasteiger charge is -2.29. The average Bonchev–Trinajstić information content (AvgIpc) is 2.36. The highest BCUT2D eigenvalue weighted by atomic mass is 16.1. The number of carbonyl (C=O) groups excluding carboxylic acids is 1. The third-order valence-corrected chi connectivity index (χ3v) is 3.91. The summed E-state index contributed by atoms with van der Waals surface area (Å²) in [6.45, 7) is 3.91. The Labute approximate surface area is 110 Å². The van der Waals surface area contributed by atoms with Crippen LogP contribution in [-0.4, -0.2) is 24.3 Å². The summed E-state index contributed by atoms with van der Waals surface area (Å²) in [5.74, 6) is 0.998. The minimum absolute atomic E-state index is 0.252. The van der Waals surface area contributed by atoms with Crippen molar-refractivity contribution in [2.45, 2.75) is 32.7 Å². The Hall–Kier alpha value is -1.15. The number of nitrogens with zero attached hydrogens (tertiary/aromatic N) is 1. The highest BCUT2D eigenvalue weighted by Crippen LogP contribution is 2.26. The molecule has 0 N–H and O–H groups in total. The standard InChI is InChI=1S/C16H23NO/c1-13-7-6-10-15(16(13)18)12-17(2)11-14-8-4-3-5-9-14/h3-5,8-9,13,15H,6-7,10-12H2,1-2H3. The lowest BCUT2D eigenvalue weighted by Crippen LogP contribution is -2.35. The van der Waals surface area contributed by atoms with Crippen molar-refractivity contribution in [2.75, 3.05) is 13.6 Å². The van der Waals surface area contributed by atoms with E-state index in [4.69, 9.17) is 0 Å². The molecular weight excluding hydrogens is 222 g/mol. The minimum Gasteiger partial charge on any atom is -0.301 e. The zero-order valence-corrected chi connectivity index (χ0v) is 11.4. The van der Waals surface area contributed by atoms with Crippen LogP contribution in [0.1, 0.15) is 31.7 Å². The van der Waals surface area contributed by atoms with E-state index < -0.39 is 0 Å². The fraction of sp³-hybridized carbons (Fsp3) is 0.562. The van der Waals surface area contributed by atoms with Gasteiger partial charge in [-0.1, -0.05) is 43.7 Å². The molecule has 2 heteroatoms. The predicted octanol–water partition coefficient (Wildman–Crippen LogP) is 3.12. The Morgan fingerprint density at radius 1 is 1.22 bits per heavy atom. The van der Waals surface area contributed by atoms with Gasteiger partial charge in [-0.2, -0.15) is 0 Å². The molecule has 0 aromatic heterocycles. The summed E-state index contributed by atoms with van der Waals surface area (Å²) >= 11 is 0. The van der Waals surface area contributed by atoms with Crippen LogP contribution in [0.2, 0.25) is 0 Å². The van der Waals surface area contributed by atoms with E-state index in [1.807, 2.05) is 6.07 Å². The summed E-state index contributed by atoms with van der Waals surface area (Å²) in [6, 6.07) is 10.5. The van der Waals surface area contributed by atoms with Gasteiger partial charge in [0.15, 0.2) is 0 Å². The van der Waals surface area contributed by atoms with E-state index >= 15 is 0 Å². The second kappa shape index (κ2) is 6.14. The number of hydrogen-bond donors (Lipinski definition) is 0. The van der Waals surface area contributed by atoms with E-state index in [9.17, 15) is 4.79 Å². The molecule has 1 aliphatic rings. The molecule has 1 saturated carbocycles. The van der Waals surface area contributed by atoms with Gasteiger partial charge in [0.05, 0.1) is 0 Å². The van der Waals surface area contributed by atoms with Crippen molar-refractivity contribution in [2.24, 2.45) is 11.8 Å². The molecule has 0 amide bonds. The van der Waals surface area contributed by atoms with Crippen LogP contribution in [0.4, 0.5) is 0 Å². The quantitative estimate of drug-likeness (QED) is 0.812. The van der Waals surface area contributed by atoms with E-state index in [0.29, 0.717) is 5.78 Å². The van der Waals surface area contributed by atoms with Gasteiger partial charge >= 0.3 is 0 Å². The van der Waals surface area contributed by atoms with E-state index in [1.54, 1.807) is 0 Å². The number of rotatable bonds is 4. The van der Waals surface area contributed by atoms with Gasteiger partial charge in [0.1, 0.15) is 5.78 Å². The molecular formula is C16H23NO. The number of Topliss-reactive ketones (excluding diaryl/α,β-unsaturated/α-hetero) is 1. The lowest BCUT2D eigenvalue weighted by molar-refractivity contribution is -0.129. The zero-order chi connectivity index (χ0) is 13.0. The van der Waals surface area contributed by atoms with Gasteiger partial charge in [0.25, 0.3) is 0 Å². The van der Waals surface area contributed by atoms with Gasteiger partial charge in [-0.15, -0.1) is 0 Å². The molecule has 1 fully saturated rings. The van der Waals surface area contributed by atoms with Crippen molar-refractivity contribution in [3.05, 3.63) is 35.9 Å². The fourth-order valence-electron chi connectivity index (χ4n) is 2.87. The van der Waals surface area contributed by atoms with Gasteiger partial charge in [-0.25, -0.2) is 0 Å². The molecule has 1 aromatic carbocycles. The van der Waals surface area contributed by atoms with Gasteiger partial charge in [-0.3, -0.25) is 4.79 Å². The molecule has 2 unspecified atom stereocenters. The summed E-state index contributed by atoms with van der Waals surface area (Å²) in [4.78, 5) is 14.4. The van der Waals surface area contributed by atoms with Crippen LogP contribution in [0.5, 0.6) is 0 Å². The first-order chi connectivity index (χ1) is 8.66. The second-order valence-electron chi connectivity index (χ2n) is 5.61. The molecule has 0 spiro atoms. The number of hydrogen-bond acceptors (Lipinski definition) is 2. The van der Waals surface area contributed by atoms with Gasteiger partial charge in [0, 0.05) is 24.9 Å². The van der Waals surface area contributed by atoms with Crippen LogP contribution in [0.15, 0.2) is 30.3 Å². The van der Waals surface area contributed by atoms with Gasteiger partial charge in [0.2, 0.25) is 0 Å². The van der Waals surface area contributed by atoms with Crippen LogP contribution < -0.4 is 0 Å². The first kappa shape index (κ1) is 13.3. The van der Waals surface area contributed by atoms with Crippen molar-refractivity contribution in [3.63, 3.8) is 0 Å². The number of benzene rings is 1. The molecule has 2 nitrogen and oxygen atoms in total. The maximum Gasteiger partial charge on any atom is 0.140 e. The van der Waals surface area contributed by atoms with E-state index in [2.05, 4.69) is 43.1 Å². The molecule has 1 aliphatic carbocycles. The Balaban J connectivity index is 1.87. The van der Waals surface area contributed by atoms with E-state index in [0.717, 1.165) is 25.9 Å². The largest absolute Gasteiger partial charge is 0.301 e. The maximum atomic E-state index is 12.1. The SMILES string of the molecule is CC1CCCC(CN(C)Cc2ccccc2)C1=O. The summed E-state index contributed by atoms with van der Waals surface area (Å²) in [5, 5.41) is 0. The topological polar surface area (TPSA) is 20.3 Å². The highest BCUT2D eigenvalue weighted by Gasteiger charge is 2.28. The molecule has 0 heterocycles. The average molecular weight is 245 g/mol. The van der Waals surface area contributed by atoms with Crippen LogP contribution >= 0.6 is 0 Å². The van der Waals surface area contributed by atoms with Crippen LogP contribution in [-0.2, 0) is 11.3 Å². The molecule has 0 aliphatic heterocycles. The minimum atomic E-state index is 0.252. The van der Waals surface area contributed by atoms with Crippen molar-refractivity contribution in [3.8, 4) is 0 Å². The summed E-state index contributed by atoms with van der Waals surface area (Å²) < 4.78 is 0. The van der Waals surface area contributed by atoms with Crippen molar-refractivity contribution >= 4 is 5.78 Å². The third-order valence-electron chi connectivity index (χ3n) is 3.91. The van der Waals surface area contributed by atoms with Crippen molar-refractivity contribution < 1.29 is 4.79 Å². The van der Waals surface area contributed by atoms with Crippen LogP contribution in [0, 0.1) is 11.8 Å². The molecule has 0 bridgehead atoms. The molecule has 0 saturated heterocycles. The lowest BCUT2D eigenvalue weighted by atomic mass is 9.81. The molecule has 0 radical (unpaired) electrons. The predicted molar refractivity (Wildman–Crippen MR) is 74.3 cm³/mol. The van der Waals surface area contributed by atoms with Crippen molar-refractivity contribution in [1.29, 1.82) is 0 Å². The summed E-state index contributed by atoms with van der Waals surface area (Å²) in [6.07, 6.45) is 3.36. The molecule has 18 heavy (non-hydrogen) atoms. The smallest absolute Gasteiger partial charge is 0.140 e. The molecule has 2 rings (SSSR count). The Kier molecular flexibility index (Phi) is 4.54. The first-order valence-electron chi connectivity index (χ1n) is 6.93. The molecule has 2 atom stereocenters. The number of ketones is 1. The third kappa shape index (κ3) is 3.42. The van der Waals surface area contributed by atoms with Gasteiger partial charge < -0.3 is 4.90 Å².